The molecule has 2 aliphatic rings. The lowest BCUT2D eigenvalue weighted by atomic mass is 9.88. The average Bonchev–Trinajstić information content (AvgIpc) is 2.59. The fourth-order valence-electron chi connectivity index (χ4n) is 1.81. The van der Waals surface area contributed by atoms with Crippen LogP contribution in [0.15, 0.2) is 12.7 Å². The first kappa shape index (κ1) is 9.14. The van der Waals surface area contributed by atoms with Crippen LogP contribution in [-0.4, -0.2) is 15.5 Å². The molecule has 12 heavy (non-hydrogen) atoms. The summed E-state index contributed by atoms with van der Waals surface area (Å²) in [4.78, 5) is 0. The Labute approximate surface area is 86.6 Å². The molecule has 1 aliphatic heterocycles. The smallest absolute Gasteiger partial charge is 0.177 e. The molecular formula is C8H9Cl3O. The maximum Gasteiger partial charge on any atom is 0.177 e. The van der Waals surface area contributed by atoms with Gasteiger partial charge in [0, 0.05) is 0 Å². The zero-order valence-corrected chi connectivity index (χ0v) is 8.66. The van der Waals surface area contributed by atoms with Crippen molar-refractivity contribution in [1.82, 2.24) is 0 Å². The van der Waals surface area contributed by atoms with Gasteiger partial charge >= 0.3 is 0 Å². The van der Waals surface area contributed by atoms with Crippen LogP contribution in [0.1, 0.15) is 12.8 Å². The van der Waals surface area contributed by atoms with Crippen LogP contribution in [-0.2, 0) is 4.74 Å². The Morgan fingerprint density at radius 3 is 2.58 bits per heavy atom. The maximum atomic E-state index is 6.13. The summed E-state index contributed by atoms with van der Waals surface area (Å²) >= 11 is 18.3. The van der Waals surface area contributed by atoms with E-state index in [-0.39, 0.29) is 12.0 Å². The minimum Gasteiger partial charge on any atom is -0.349 e. The summed E-state index contributed by atoms with van der Waals surface area (Å²) in [6.45, 7) is 3.67. The van der Waals surface area contributed by atoms with Gasteiger partial charge in [0.05, 0.1) is 5.92 Å². The van der Waals surface area contributed by atoms with E-state index in [0.29, 0.717) is 6.42 Å². The molecule has 0 radical (unpaired) electrons. The molecule has 0 aromatic heterocycles. The second kappa shape index (κ2) is 2.54. The van der Waals surface area contributed by atoms with Gasteiger partial charge in [0.15, 0.2) is 5.06 Å². The monoisotopic (exact) mass is 226 g/mol. The summed E-state index contributed by atoms with van der Waals surface area (Å²) in [5, 5.41) is -0.663. The van der Waals surface area contributed by atoms with Gasteiger partial charge in [0.1, 0.15) is 10.4 Å². The van der Waals surface area contributed by atoms with E-state index in [1.54, 1.807) is 6.08 Å². The van der Waals surface area contributed by atoms with Gasteiger partial charge in [0.25, 0.3) is 0 Å². The second-order valence-corrected chi connectivity index (χ2v) is 5.45. The molecule has 68 valence electrons. The fraction of sp³-hybridized carbons (Fsp3) is 0.750. The van der Waals surface area contributed by atoms with Crippen LogP contribution in [0.2, 0.25) is 0 Å². The van der Waals surface area contributed by atoms with E-state index in [2.05, 4.69) is 6.58 Å². The predicted octanol–water partition coefficient (Wildman–Crippen LogP) is 3.09. The van der Waals surface area contributed by atoms with Crippen molar-refractivity contribution >= 4 is 34.8 Å². The van der Waals surface area contributed by atoms with Crippen LogP contribution in [0.3, 0.4) is 0 Å². The van der Waals surface area contributed by atoms with E-state index in [0.717, 1.165) is 6.42 Å². The molecule has 1 nitrogen and oxygen atoms in total. The summed E-state index contributed by atoms with van der Waals surface area (Å²) in [5.41, 5.74) is 0. The Morgan fingerprint density at radius 1 is 1.42 bits per heavy atom. The molecule has 0 aromatic rings. The minimum atomic E-state index is -0.809. The van der Waals surface area contributed by atoms with E-state index in [1.807, 2.05) is 0 Å². The number of epoxide rings is 1. The summed E-state index contributed by atoms with van der Waals surface area (Å²) in [6, 6.07) is 0. The van der Waals surface area contributed by atoms with E-state index in [9.17, 15) is 0 Å². The minimum absolute atomic E-state index is 0.118. The Morgan fingerprint density at radius 2 is 2.08 bits per heavy atom. The SMILES string of the molecule is C=CC1C(Cl)(Cl)CCC2OC21Cl. The number of rotatable bonds is 1. The van der Waals surface area contributed by atoms with Crippen molar-refractivity contribution < 1.29 is 4.74 Å². The summed E-state index contributed by atoms with van der Waals surface area (Å²) in [7, 11) is 0. The van der Waals surface area contributed by atoms with Gasteiger partial charge in [-0.1, -0.05) is 17.7 Å². The third-order valence-corrected chi connectivity index (χ3v) is 3.98. The highest BCUT2D eigenvalue weighted by molar-refractivity contribution is 6.49. The molecule has 0 spiro atoms. The number of ether oxygens (including phenoxy) is 1. The lowest BCUT2D eigenvalue weighted by Crippen LogP contribution is -2.39. The third kappa shape index (κ3) is 1.11. The van der Waals surface area contributed by atoms with Gasteiger partial charge in [-0.2, -0.15) is 0 Å². The fourth-order valence-corrected chi connectivity index (χ4v) is 3.14. The van der Waals surface area contributed by atoms with E-state index >= 15 is 0 Å². The first-order valence-electron chi connectivity index (χ1n) is 3.88. The predicted molar refractivity (Wildman–Crippen MR) is 50.8 cm³/mol. The Bertz CT molecular complexity index is 224. The third-order valence-electron chi connectivity index (χ3n) is 2.56. The van der Waals surface area contributed by atoms with Gasteiger partial charge in [-0.3, -0.25) is 0 Å². The number of hydrogen-bond donors (Lipinski definition) is 0. The van der Waals surface area contributed by atoms with Crippen molar-refractivity contribution in [3.8, 4) is 0 Å². The Kier molecular flexibility index (Phi) is 1.93. The summed E-state index contributed by atoms with van der Waals surface area (Å²) in [5.74, 6) is -0.172. The molecule has 1 aliphatic carbocycles. The molecule has 3 unspecified atom stereocenters. The van der Waals surface area contributed by atoms with Gasteiger partial charge in [0.2, 0.25) is 0 Å². The molecular weight excluding hydrogens is 218 g/mol. The zero-order chi connectivity index (χ0) is 8.98. The molecule has 0 aromatic carbocycles. The molecule has 3 atom stereocenters. The topological polar surface area (TPSA) is 12.5 Å². The van der Waals surface area contributed by atoms with Crippen LogP contribution in [0, 0.1) is 5.92 Å². The first-order valence-corrected chi connectivity index (χ1v) is 5.01. The van der Waals surface area contributed by atoms with E-state index < -0.39 is 9.39 Å². The molecule has 0 bridgehead atoms. The highest BCUT2D eigenvalue weighted by Gasteiger charge is 2.67. The van der Waals surface area contributed by atoms with Gasteiger partial charge in [-0.25, -0.2) is 0 Å². The lowest BCUT2D eigenvalue weighted by molar-refractivity contribution is 0.315. The van der Waals surface area contributed by atoms with Crippen LogP contribution in [0.5, 0.6) is 0 Å². The van der Waals surface area contributed by atoms with Crippen molar-refractivity contribution in [2.24, 2.45) is 5.92 Å². The molecule has 0 N–H and O–H groups in total. The molecule has 2 rings (SSSR count). The van der Waals surface area contributed by atoms with Crippen molar-refractivity contribution in [2.75, 3.05) is 0 Å². The van der Waals surface area contributed by atoms with Gasteiger partial charge in [-0.15, -0.1) is 29.8 Å². The molecule has 0 amide bonds. The first-order chi connectivity index (χ1) is 5.50. The Balaban J connectivity index is 2.27. The van der Waals surface area contributed by atoms with E-state index in [1.165, 1.54) is 0 Å². The average molecular weight is 228 g/mol. The van der Waals surface area contributed by atoms with E-state index in [4.69, 9.17) is 39.5 Å². The largest absolute Gasteiger partial charge is 0.349 e. The van der Waals surface area contributed by atoms with Crippen molar-refractivity contribution in [3.63, 3.8) is 0 Å². The van der Waals surface area contributed by atoms with Crippen LogP contribution in [0.4, 0.5) is 0 Å². The van der Waals surface area contributed by atoms with Gasteiger partial charge in [-0.05, 0) is 12.8 Å². The lowest BCUT2D eigenvalue weighted by Gasteiger charge is -2.32. The second-order valence-electron chi connectivity index (χ2n) is 3.32. The highest BCUT2D eigenvalue weighted by Crippen LogP contribution is 2.61. The van der Waals surface area contributed by atoms with Crippen molar-refractivity contribution in [1.29, 1.82) is 0 Å². The molecule has 2 fully saturated rings. The number of hydrogen-bond acceptors (Lipinski definition) is 1. The standard InChI is InChI=1S/C8H9Cl3O/c1-2-5-7(9,10)4-3-6-8(5,11)12-6/h2,5-6H,1,3-4H2. The van der Waals surface area contributed by atoms with Gasteiger partial charge < -0.3 is 4.74 Å². The molecule has 1 saturated heterocycles. The molecule has 1 heterocycles. The van der Waals surface area contributed by atoms with Crippen LogP contribution < -0.4 is 0 Å². The maximum absolute atomic E-state index is 6.13. The highest BCUT2D eigenvalue weighted by atomic mass is 35.5. The van der Waals surface area contributed by atoms with Crippen molar-refractivity contribution in [2.45, 2.75) is 28.3 Å². The molecule has 1 saturated carbocycles. The van der Waals surface area contributed by atoms with Crippen LogP contribution >= 0.6 is 34.8 Å². The number of fused-ring (bicyclic) bond motifs is 1. The number of alkyl halides is 3. The summed E-state index contributed by atoms with van der Waals surface area (Å²) < 4.78 is 4.52. The summed E-state index contributed by atoms with van der Waals surface area (Å²) in [6.07, 6.45) is 3.35. The molecule has 4 heteroatoms. The van der Waals surface area contributed by atoms with Crippen LogP contribution in [0.25, 0.3) is 0 Å². The quantitative estimate of drug-likeness (QED) is 0.381. The normalized spacial score (nSPS) is 49.6. The number of halogens is 3. The zero-order valence-electron chi connectivity index (χ0n) is 6.40. The van der Waals surface area contributed by atoms with Crippen molar-refractivity contribution in [3.05, 3.63) is 12.7 Å². The Hall–Kier alpha value is 0.570.